The molecule has 1 N–H and O–H groups in total. The number of rotatable bonds is 6. The third-order valence-electron chi connectivity index (χ3n) is 4.90. The van der Waals surface area contributed by atoms with Gasteiger partial charge in [0, 0.05) is 32.3 Å². The number of ether oxygens (including phenoxy) is 1. The summed E-state index contributed by atoms with van der Waals surface area (Å²) in [6, 6.07) is 9.44. The van der Waals surface area contributed by atoms with Crippen LogP contribution in [0.1, 0.15) is 42.9 Å². The zero-order valence-electron chi connectivity index (χ0n) is 12.8. The third-order valence-corrected chi connectivity index (χ3v) is 4.90. The van der Waals surface area contributed by atoms with Gasteiger partial charge in [-0.3, -0.25) is 4.90 Å². The maximum Gasteiger partial charge on any atom is 0.0507 e. The average molecular weight is 289 g/mol. The molecular weight excluding hydrogens is 262 g/mol. The summed E-state index contributed by atoms with van der Waals surface area (Å²) in [4.78, 5) is 2.60. The molecule has 1 fully saturated rings. The highest BCUT2D eigenvalue weighted by atomic mass is 16.5. The predicted molar refractivity (Wildman–Crippen MR) is 84.3 cm³/mol. The molecule has 0 saturated carbocycles. The van der Waals surface area contributed by atoms with Crippen molar-refractivity contribution in [2.75, 3.05) is 32.9 Å². The number of hydrogen-bond donors (Lipinski definition) is 1. The number of benzene rings is 1. The lowest BCUT2D eigenvalue weighted by molar-refractivity contribution is 0.124. The Morgan fingerprint density at radius 3 is 2.95 bits per heavy atom. The van der Waals surface area contributed by atoms with Crippen LogP contribution in [0, 0.1) is 5.92 Å². The lowest BCUT2D eigenvalue weighted by Crippen LogP contribution is -2.36. The third kappa shape index (κ3) is 3.65. The van der Waals surface area contributed by atoms with E-state index in [9.17, 15) is 5.11 Å². The van der Waals surface area contributed by atoms with Gasteiger partial charge in [0.2, 0.25) is 0 Å². The molecule has 21 heavy (non-hydrogen) atoms. The second kappa shape index (κ2) is 7.39. The van der Waals surface area contributed by atoms with Gasteiger partial charge in [-0.05, 0) is 49.1 Å². The Kier molecular flexibility index (Phi) is 5.28. The Balaban J connectivity index is 1.75. The van der Waals surface area contributed by atoms with Gasteiger partial charge in [-0.25, -0.2) is 0 Å². The van der Waals surface area contributed by atoms with Crippen molar-refractivity contribution in [3.05, 3.63) is 35.4 Å². The molecule has 1 aromatic carbocycles. The highest BCUT2D eigenvalue weighted by Gasteiger charge is 2.28. The Bertz CT molecular complexity index is 443. The van der Waals surface area contributed by atoms with E-state index in [2.05, 4.69) is 29.2 Å². The summed E-state index contributed by atoms with van der Waals surface area (Å²) >= 11 is 0. The molecule has 3 nitrogen and oxygen atoms in total. The van der Waals surface area contributed by atoms with E-state index in [0.717, 1.165) is 32.7 Å². The summed E-state index contributed by atoms with van der Waals surface area (Å²) in [6.45, 7) is 4.21. The van der Waals surface area contributed by atoms with E-state index in [4.69, 9.17) is 4.74 Å². The SMILES string of the molecule is OCCCN(C[C@H]1CCOC1)[C@@H]1CCCc2ccccc21. The van der Waals surface area contributed by atoms with Crippen molar-refractivity contribution in [1.82, 2.24) is 4.90 Å². The van der Waals surface area contributed by atoms with E-state index in [0.29, 0.717) is 12.0 Å². The first-order chi connectivity index (χ1) is 10.4. The maximum atomic E-state index is 9.22. The number of aliphatic hydroxyl groups is 1. The molecule has 3 rings (SSSR count). The Labute approximate surface area is 127 Å². The summed E-state index contributed by atoms with van der Waals surface area (Å²) in [6.07, 6.45) is 5.79. The topological polar surface area (TPSA) is 32.7 Å². The number of fused-ring (bicyclic) bond motifs is 1. The first kappa shape index (κ1) is 15.0. The minimum absolute atomic E-state index is 0.284. The van der Waals surface area contributed by atoms with Crippen LogP contribution in [0.25, 0.3) is 0 Å². The van der Waals surface area contributed by atoms with Crippen molar-refractivity contribution in [3.8, 4) is 0 Å². The lowest BCUT2D eigenvalue weighted by atomic mass is 9.86. The molecule has 0 amide bonds. The van der Waals surface area contributed by atoms with Gasteiger partial charge in [0.1, 0.15) is 0 Å². The van der Waals surface area contributed by atoms with E-state index < -0.39 is 0 Å². The van der Waals surface area contributed by atoms with E-state index in [1.54, 1.807) is 0 Å². The van der Waals surface area contributed by atoms with Crippen LogP contribution in [0.4, 0.5) is 0 Å². The number of nitrogens with zero attached hydrogens (tertiary/aromatic N) is 1. The first-order valence-corrected chi connectivity index (χ1v) is 8.39. The highest BCUT2D eigenvalue weighted by molar-refractivity contribution is 5.32. The van der Waals surface area contributed by atoms with Crippen LogP contribution < -0.4 is 0 Å². The lowest BCUT2D eigenvalue weighted by Gasteiger charge is -2.37. The molecule has 3 heteroatoms. The van der Waals surface area contributed by atoms with Gasteiger partial charge >= 0.3 is 0 Å². The Morgan fingerprint density at radius 2 is 2.14 bits per heavy atom. The van der Waals surface area contributed by atoms with Crippen LogP contribution in [-0.2, 0) is 11.2 Å². The molecular formula is C18H27NO2. The van der Waals surface area contributed by atoms with Crippen molar-refractivity contribution in [2.24, 2.45) is 5.92 Å². The van der Waals surface area contributed by atoms with Crippen molar-refractivity contribution >= 4 is 0 Å². The normalized spacial score (nSPS) is 25.2. The predicted octanol–water partition coefficient (Wildman–Crippen LogP) is 2.78. The van der Waals surface area contributed by atoms with Gasteiger partial charge < -0.3 is 9.84 Å². The van der Waals surface area contributed by atoms with Crippen molar-refractivity contribution in [3.63, 3.8) is 0 Å². The van der Waals surface area contributed by atoms with Crippen LogP contribution in [0.3, 0.4) is 0 Å². The molecule has 1 aromatic rings. The van der Waals surface area contributed by atoms with E-state index >= 15 is 0 Å². The van der Waals surface area contributed by atoms with Gasteiger partial charge in [0.15, 0.2) is 0 Å². The zero-order chi connectivity index (χ0) is 14.5. The highest BCUT2D eigenvalue weighted by Crippen LogP contribution is 2.35. The molecule has 0 bridgehead atoms. The van der Waals surface area contributed by atoms with Crippen LogP contribution in [0.2, 0.25) is 0 Å². The minimum atomic E-state index is 0.284. The largest absolute Gasteiger partial charge is 0.396 e. The Hall–Kier alpha value is -0.900. The summed E-state index contributed by atoms with van der Waals surface area (Å²) in [5.41, 5.74) is 3.03. The summed E-state index contributed by atoms with van der Waals surface area (Å²) in [7, 11) is 0. The van der Waals surface area contributed by atoms with E-state index in [-0.39, 0.29) is 6.61 Å². The molecule has 1 saturated heterocycles. The average Bonchev–Trinajstić information content (AvgIpc) is 3.04. The fourth-order valence-electron chi connectivity index (χ4n) is 3.81. The fraction of sp³-hybridized carbons (Fsp3) is 0.667. The zero-order valence-corrected chi connectivity index (χ0v) is 12.8. The summed E-state index contributed by atoms with van der Waals surface area (Å²) < 4.78 is 5.54. The number of aryl methyl sites for hydroxylation is 1. The summed E-state index contributed by atoms with van der Waals surface area (Å²) in [5, 5.41) is 9.22. The molecule has 1 aliphatic carbocycles. The molecule has 1 heterocycles. The van der Waals surface area contributed by atoms with Gasteiger partial charge in [-0.1, -0.05) is 24.3 Å². The van der Waals surface area contributed by atoms with Crippen molar-refractivity contribution in [2.45, 2.75) is 38.1 Å². The fourth-order valence-corrected chi connectivity index (χ4v) is 3.81. The molecule has 2 atom stereocenters. The first-order valence-electron chi connectivity index (χ1n) is 8.39. The van der Waals surface area contributed by atoms with Crippen molar-refractivity contribution < 1.29 is 9.84 Å². The molecule has 2 aliphatic rings. The van der Waals surface area contributed by atoms with Gasteiger partial charge in [0.05, 0.1) is 6.61 Å². The molecule has 116 valence electrons. The molecule has 0 unspecified atom stereocenters. The standard InChI is InChI=1S/C18H27NO2/c20-11-4-10-19(13-15-9-12-21-14-15)18-8-3-6-16-5-1-2-7-17(16)18/h1-2,5,7,15,18,20H,3-4,6,8-14H2/t15-,18-/m1/s1. The summed E-state index contributed by atoms with van der Waals surface area (Å²) in [5.74, 6) is 0.665. The number of hydrogen-bond acceptors (Lipinski definition) is 3. The minimum Gasteiger partial charge on any atom is -0.396 e. The molecule has 0 radical (unpaired) electrons. The number of aliphatic hydroxyl groups excluding tert-OH is 1. The molecule has 0 spiro atoms. The van der Waals surface area contributed by atoms with Crippen molar-refractivity contribution in [1.29, 1.82) is 0 Å². The smallest absolute Gasteiger partial charge is 0.0507 e. The van der Waals surface area contributed by atoms with Crippen LogP contribution in [0.15, 0.2) is 24.3 Å². The molecule has 0 aromatic heterocycles. The van der Waals surface area contributed by atoms with E-state index in [1.807, 2.05) is 0 Å². The maximum absolute atomic E-state index is 9.22. The quantitative estimate of drug-likeness (QED) is 0.874. The van der Waals surface area contributed by atoms with Crippen LogP contribution in [0.5, 0.6) is 0 Å². The Morgan fingerprint density at radius 1 is 1.24 bits per heavy atom. The monoisotopic (exact) mass is 289 g/mol. The van der Waals surface area contributed by atoms with Gasteiger partial charge in [0.25, 0.3) is 0 Å². The van der Waals surface area contributed by atoms with Crippen LogP contribution >= 0.6 is 0 Å². The second-order valence-corrected chi connectivity index (χ2v) is 6.41. The van der Waals surface area contributed by atoms with Gasteiger partial charge in [-0.15, -0.1) is 0 Å². The van der Waals surface area contributed by atoms with E-state index in [1.165, 1.54) is 36.8 Å². The second-order valence-electron chi connectivity index (χ2n) is 6.41. The molecule has 1 aliphatic heterocycles. The van der Waals surface area contributed by atoms with Crippen LogP contribution in [-0.4, -0.2) is 42.9 Å². The van der Waals surface area contributed by atoms with Gasteiger partial charge in [-0.2, -0.15) is 0 Å².